The maximum atomic E-state index is 12.1. The van der Waals surface area contributed by atoms with Crippen LogP contribution in [0.2, 0.25) is 0 Å². The van der Waals surface area contributed by atoms with Crippen molar-refractivity contribution in [2.24, 2.45) is 5.41 Å². The number of hydrogen-bond acceptors (Lipinski definition) is 7. The zero-order chi connectivity index (χ0) is 14.5. The Labute approximate surface area is 116 Å². The standard InChI is InChI=1S/C13H18O7/c1-4-13(2,3)12(15)20-8-6-7(18-10(8)14)9-11(19-6)17-5-16-9/h6-9,11H,4-5H2,1-3H3. The van der Waals surface area contributed by atoms with Crippen molar-refractivity contribution in [3.63, 3.8) is 0 Å². The zero-order valence-electron chi connectivity index (χ0n) is 11.7. The maximum absolute atomic E-state index is 12.1. The van der Waals surface area contributed by atoms with E-state index in [0.717, 1.165) is 0 Å². The Morgan fingerprint density at radius 3 is 2.75 bits per heavy atom. The van der Waals surface area contributed by atoms with Crippen molar-refractivity contribution in [1.29, 1.82) is 0 Å². The zero-order valence-corrected chi connectivity index (χ0v) is 11.7. The molecule has 112 valence electrons. The van der Waals surface area contributed by atoms with E-state index in [9.17, 15) is 9.59 Å². The minimum Gasteiger partial charge on any atom is -0.454 e. The lowest BCUT2D eigenvalue weighted by molar-refractivity contribution is -0.180. The first-order chi connectivity index (χ1) is 9.44. The smallest absolute Gasteiger partial charge is 0.350 e. The number of rotatable bonds is 3. The molecule has 3 aliphatic heterocycles. The fourth-order valence-corrected chi connectivity index (χ4v) is 2.39. The van der Waals surface area contributed by atoms with Crippen LogP contribution in [0, 0.1) is 5.41 Å². The molecule has 0 N–H and O–H groups in total. The molecule has 0 spiro atoms. The summed E-state index contributed by atoms with van der Waals surface area (Å²) in [6.45, 7) is 5.53. The quantitative estimate of drug-likeness (QED) is 0.693. The maximum Gasteiger partial charge on any atom is 0.350 e. The molecule has 0 aromatic carbocycles. The SMILES string of the molecule is CCC(C)(C)C(=O)OC1C(=O)OC2C3OCOC3OC12. The van der Waals surface area contributed by atoms with Crippen LogP contribution in [0.4, 0.5) is 0 Å². The number of fused-ring (bicyclic) bond motifs is 3. The van der Waals surface area contributed by atoms with Gasteiger partial charge in [0.1, 0.15) is 6.10 Å². The van der Waals surface area contributed by atoms with Gasteiger partial charge in [0.05, 0.1) is 5.41 Å². The highest BCUT2D eigenvalue weighted by Crippen LogP contribution is 2.38. The van der Waals surface area contributed by atoms with E-state index in [1.54, 1.807) is 13.8 Å². The Kier molecular flexibility index (Phi) is 3.23. The van der Waals surface area contributed by atoms with E-state index in [0.29, 0.717) is 6.42 Å². The highest BCUT2D eigenvalue weighted by molar-refractivity contribution is 5.84. The Hall–Kier alpha value is -1.18. The molecule has 0 aliphatic carbocycles. The molecule has 7 heteroatoms. The molecule has 3 heterocycles. The van der Waals surface area contributed by atoms with Gasteiger partial charge in [-0.3, -0.25) is 4.79 Å². The lowest BCUT2D eigenvalue weighted by atomic mass is 9.90. The first-order valence-electron chi connectivity index (χ1n) is 6.74. The predicted molar refractivity (Wildman–Crippen MR) is 63.3 cm³/mol. The molecule has 5 atom stereocenters. The highest BCUT2D eigenvalue weighted by atomic mass is 16.8. The fraction of sp³-hybridized carbons (Fsp3) is 0.846. The summed E-state index contributed by atoms with van der Waals surface area (Å²) in [6, 6.07) is 0. The highest BCUT2D eigenvalue weighted by Gasteiger charge is 2.62. The third kappa shape index (κ3) is 2.01. The fourth-order valence-electron chi connectivity index (χ4n) is 2.39. The normalized spacial score (nSPS) is 39.4. The van der Waals surface area contributed by atoms with E-state index < -0.39 is 48.1 Å². The molecule has 3 rings (SSSR count). The van der Waals surface area contributed by atoms with E-state index in [4.69, 9.17) is 23.7 Å². The van der Waals surface area contributed by atoms with Gasteiger partial charge in [0.15, 0.2) is 25.3 Å². The third-order valence-corrected chi connectivity index (χ3v) is 4.15. The van der Waals surface area contributed by atoms with Gasteiger partial charge in [-0.1, -0.05) is 6.92 Å². The van der Waals surface area contributed by atoms with Gasteiger partial charge in [0, 0.05) is 0 Å². The molecule has 3 saturated heterocycles. The summed E-state index contributed by atoms with van der Waals surface area (Å²) in [5, 5.41) is 0. The van der Waals surface area contributed by atoms with Crippen LogP contribution in [0.25, 0.3) is 0 Å². The molecule has 0 aromatic rings. The van der Waals surface area contributed by atoms with Crippen molar-refractivity contribution in [3.8, 4) is 0 Å². The van der Waals surface area contributed by atoms with Gasteiger partial charge in [-0.25, -0.2) is 4.79 Å². The second-order valence-corrected chi connectivity index (χ2v) is 5.85. The lowest BCUT2D eigenvalue weighted by Gasteiger charge is -2.23. The van der Waals surface area contributed by atoms with Gasteiger partial charge in [-0.15, -0.1) is 0 Å². The summed E-state index contributed by atoms with van der Waals surface area (Å²) in [5.74, 6) is -1.03. The average molecular weight is 286 g/mol. The molecule has 3 fully saturated rings. The van der Waals surface area contributed by atoms with E-state index in [1.807, 2.05) is 6.92 Å². The van der Waals surface area contributed by atoms with Crippen molar-refractivity contribution in [2.45, 2.75) is 57.9 Å². The number of esters is 2. The van der Waals surface area contributed by atoms with E-state index in [2.05, 4.69) is 0 Å². The first-order valence-corrected chi connectivity index (χ1v) is 6.74. The second-order valence-electron chi connectivity index (χ2n) is 5.85. The van der Waals surface area contributed by atoms with Crippen molar-refractivity contribution in [3.05, 3.63) is 0 Å². The molecule has 3 aliphatic rings. The number of carbonyl (C=O) groups is 2. The van der Waals surface area contributed by atoms with Crippen LogP contribution in [-0.4, -0.2) is 49.4 Å². The molecule has 0 aromatic heterocycles. The Bertz CT molecular complexity index is 432. The summed E-state index contributed by atoms with van der Waals surface area (Å²) < 4.78 is 26.6. The monoisotopic (exact) mass is 286 g/mol. The third-order valence-electron chi connectivity index (χ3n) is 4.15. The summed E-state index contributed by atoms with van der Waals surface area (Å²) in [6.07, 6.45) is -2.66. The van der Waals surface area contributed by atoms with Crippen LogP contribution in [0.1, 0.15) is 27.2 Å². The van der Waals surface area contributed by atoms with Crippen LogP contribution in [-0.2, 0) is 33.3 Å². The predicted octanol–water partition coefficient (Wildman–Crippen LogP) is 0.358. The number of hydrogen-bond donors (Lipinski definition) is 0. The molecular formula is C13H18O7. The molecular weight excluding hydrogens is 268 g/mol. The largest absolute Gasteiger partial charge is 0.454 e. The molecule has 0 amide bonds. The molecule has 0 saturated carbocycles. The van der Waals surface area contributed by atoms with Crippen LogP contribution >= 0.6 is 0 Å². The van der Waals surface area contributed by atoms with E-state index in [1.165, 1.54) is 0 Å². The number of ether oxygens (including phenoxy) is 5. The van der Waals surface area contributed by atoms with Gasteiger partial charge >= 0.3 is 11.9 Å². The lowest BCUT2D eigenvalue weighted by Crippen LogP contribution is -2.39. The van der Waals surface area contributed by atoms with E-state index in [-0.39, 0.29) is 6.79 Å². The number of carbonyl (C=O) groups excluding carboxylic acids is 2. The Morgan fingerprint density at radius 1 is 1.30 bits per heavy atom. The minimum absolute atomic E-state index is 0.115. The summed E-state index contributed by atoms with van der Waals surface area (Å²) >= 11 is 0. The molecule has 0 bridgehead atoms. The van der Waals surface area contributed by atoms with Gasteiger partial charge in [-0.05, 0) is 20.3 Å². The summed E-state index contributed by atoms with van der Waals surface area (Å²) in [4.78, 5) is 23.9. The molecule has 7 nitrogen and oxygen atoms in total. The average Bonchev–Trinajstić information content (AvgIpc) is 3.04. The minimum atomic E-state index is -1.05. The first kappa shape index (κ1) is 13.8. The van der Waals surface area contributed by atoms with Crippen LogP contribution < -0.4 is 0 Å². The second kappa shape index (κ2) is 4.68. The van der Waals surface area contributed by atoms with Crippen molar-refractivity contribution in [2.75, 3.05) is 6.79 Å². The molecule has 5 unspecified atom stereocenters. The summed E-state index contributed by atoms with van der Waals surface area (Å²) in [7, 11) is 0. The van der Waals surface area contributed by atoms with Crippen LogP contribution in [0.3, 0.4) is 0 Å². The van der Waals surface area contributed by atoms with E-state index >= 15 is 0 Å². The Morgan fingerprint density at radius 2 is 2.05 bits per heavy atom. The Balaban J connectivity index is 1.71. The van der Waals surface area contributed by atoms with Gasteiger partial charge < -0.3 is 23.7 Å². The van der Waals surface area contributed by atoms with Crippen molar-refractivity contribution in [1.82, 2.24) is 0 Å². The van der Waals surface area contributed by atoms with Crippen LogP contribution in [0.5, 0.6) is 0 Å². The van der Waals surface area contributed by atoms with Crippen molar-refractivity contribution >= 4 is 11.9 Å². The van der Waals surface area contributed by atoms with Gasteiger partial charge in [0.25, 0.3) is 0 Å². The van der Waals surface area contributed by atoms with Gasteiger partial charge in [-0.2, -0.15) is 0 Å². The summed E-state index contributed by atoms with van der Waals surface area (Å²) in [5.41, 5.74) is -0.653. The van der Waals surface area contributed by atoms with Crippen LogP contribution in [0.15, 0.2) is 0 Å². The van der Waals surface area contributed by atoms with Crippen molar-refractivity contribution < 1.29 is 33.3 Å². The molecule has 20 heavy (non-hydrogen) atoms. The topological polar surface area (TPSA) is 80.3 Å². The molecule has 0 radical (unpaired) electrons. The van der Waals surface area contributed by atoms with Gasteiger partial charge in [0.2, 0.25) is 6.10 Å².